The molecule has 0 bridgehead atoms. The van der Waals surface area contributed by atoms with Crippen LogP contribution in [0.1, 0.15) is 24.0 Å². The summed E-state index contributed by atoms with van der Waals surface area (Å²) in [5, 5.41) is 9.95. The molecule has 3 atom stereocenters. The van der Waals surface area contributed by atoms with Gasteiger partial charge in [-0.1, -0.05) is 49.4 Å². The molecule has 172 valence electrons. The summed E-state index contributed by atoms with van der Waals surface area (Å²) in [5.74, 6) is -1.08. The molecule has 1 aliphatic heterocycles. The van der Waals surface area contributed by atoms with Crippen molar-refractivity contribution < 1.29 is 23.1 Å². The van der Waals surface area contributed by atoms with E-state index in [9.17, 15) is 18.3 Å². The van der Waals surface area contributed by atoms with Crippen molar-refractivity contribution >= 4 is 16.2 Å². The lowest BCUT2D eigenvalue weighted by molar-refractivity contribution is -0.140. The van der Waals surface area contributed by atoms with Crippen molar-refractivity contribution in [2.24, 2.45) is 5.92 Å². The fraction of sp³-hybridized carbons (Fsp3) is 0.435. The lowest BCUT2D eigenvalue weighted by Crippen LogP contribution is -2.56. The van der Waals surface area contributed by atoms with Gasteiger partial charge in [0.05, 0.1) is 7.11 Å². The Balaban J connectivity index is 1.40. The molecular weight excluding hydrogens is 430 g/mol. The highest BCUT2D eigenvalue weighted by Crippen LogP contribution is 2.57. The molecule has 0 radical (unpaired) electrons. The third kappa shape index (κ3) is 4.25. The first kappa shape index (κ1) is 22.7. The van der Waals surface area contributed by atoms with Crippen LogP contribution in [0.5, 0.6) is 5.75 Å². The molecule has 1 heterocycles. The molecule has 1 aliphatic carbocycles. The highest BCUT2D eigenvalue weighted by atomic mass is 32.2. The molecule has 4 rings (SSSR count). The zero-order valence-corrected chi connectivity index (χ0v) is 19.1. The second-order valence-electron chi connectivity index (χ2n) is 8.48. The molecule has 32 heavy (non-hydrogen) atoms. The van der Waals surface area contributed by atoms with Gasteiger partial charge in [-0.05, 0) is 29.2 Å². The molecule has 0 aromatic heterocycles. The van der Waals surface area contributed by atoms with Crippen molar-refractivity contribution in [2.75, 3.05) is 33.3 Å². The van der Waals surface area contributed by atoms with Crippen molar-refractivity contribution in [3.8, 4) is 5.75 Å². The van der Waals surface area contributed by atoms with Crippen LogP contribution in [-0.2, 0) is 21.5 Å². The van der Waals surface area contributed by atoms with Gasteiger partial charge in [0.25, 0.3) is 10.2 Å². The van der Waals surface area contributed by atoms with Crippen LogP contribution in [0.15, 0.2) is 54.6 Å². The van der Waals surface area contributed by atoms with Crippen LogP contribution in [0, 0.1) is 5.92 Å². The van der Waals surface area contributed by atoms with Crippen LogP contribution < -0.4 is 9.46 Å². The van der Waals surface area contributed by atoms with Crippen molar-refractivity contribution in [1.29, 1.82) is 0 Å². The van der Waals surface area contributed by atoms with Crippen LogP contribution >= 0.6 is 0 Å². The molecule has 2 aromatic carbocycles. The second-order valence-corrected chi connectivity index (χ2v) is 10.2. The summed E-state index contributed by atoms with van der Waals surface area (Å²) in [6.45, 7) is 4.27. The molecule has 2 aromatic rings. The highest BCUT2D eigenvalue weighted by molar-refractivity contribution is 7.87. The molecule has 1 saturated heterocycles. The number of hydrogen-bond donors (Lipinski definition) is 2. The third-order valence-electron chi connectivity index (χ3n) is 6.65. The van der Waals surface area contributed by atoms with Crippen molar-refractivity contribution in [3.05, 3.63) is 65.7 Å². The molecule has 1 saturated carbocycles. The van der Waals surface area contributed by atoms with Crippen LogP contribution in [0.3, 0.4) is 0 Å². The van der Waals surface area contributed by atoms with Crippen molar-refractivity contribution in [3.63, 3.8) is 0 Å². The summed E-state index contributed by atoms with van der Waals surface area (Å²) in [7, 11) is -2.32. The largest absolute Gasteiger partial charge is 0.497 e. The molecule has 9 heteroatoms. The fourth-order valence-electron chi connectivity index (χ4n) is 4.70. The Morgan fingerprint density at radius 1 is 1.09 bits per heavy atom. The topological polar surface area (TPSA) is 99.2 Å². The fourth-order valence-corrected chi connectivity index (χ4v) is 6.30. The van der Waals surface area contributed by atoms with Gasteiger partial charge in [-0.15, -0.1) is 0 Å². The summed E-state index contributed by atoms with van der Waals surface area (Å²) >= 11 is 0. The first-order valence-electron chi connectivity index (χ1n) is 10.7. The lowest BCUT2D eigenvalue weighted by Gasteiger charge is -2.34. The molecule has 1 unspecified atom stereocenters. The van der Waals surface area contributed by atoms with Crippen molar-refractivity contribution in [1.82, 2.24) is 13.9 Å². The van der Waals surface area contributed by atoms with E-state index in [1.54, 1.807) is 14.0 Å². The first-order valence-corrected chi connectivity index (χ1v) is 12.1. The molecule has 2 N–H and O–H groups in total. The zero-order chi connectivity index (χ0) is 22.9. The molecule has 0 spiro atoms. The average Bonchev–Trinajstić information content (AvgIpc) is 3.39. The van der Waals surface area contributed by atoms with E-state index >= 15 is 0 Å². The number of ether oxygens (including phenoxy) is 1. The van der Waals surface area contributed by atoms with E-state index in [0.717, 1.165) is 23.4 Å². The minimum Gasteiger partial charge on any atom is -0.497 e. The van der Waals surface area contributed by atoms with E-state index in [1.165, 1.54) is 4.31 Å². The van der Waals surface area contributed by atoms with Crippen LogP contribution in [0.25, 0.3) is 0 Å². The maximum atomic E-state index is 13.1. The molecular formula is C23H29N3O5S. The summed E-state index contributed by atoms with van der Waals surface area (Å²) in [5.41, 5.74) is 0.442. The van der Waals surface area contributed by atoms with Crippen LogP contribution in [0.4, 0.5) is 0 Å². The predicted molar refractivity (Wildman–Crippen MR) is 121 cm³/mol. The Labute approximate surface area is 189 Å². The Bertz CT molecular complexity index is 1050. The summed E-state index contributed by atoms with van der Waals surface area (Å²) in [6.07, 6.45) is 0. The Kier molecular flexibility index (Phi) is 6.26. The Hall–Kier alpha value is -2.46. The zero-order valence-electron chi connectivity index (χ0n) is 18.3. The normalized spacial score (nSPS) is 26.6. The SMILES string of the molecule is COc1ccc(CN2CCN(S(=O)(=O)N[C@@]3(C(=O)O)C(C)[C@H]3c3ccccc3)CC2)cc1. The van der Waals surface area contributed by atoms with E-state index in [1.807, 2.05) is 54.6 Å². The number of hydrogen-bond acceptors (Lipinski definition) is 5. The number of carbonyl (C=O) groups is 1. The molecule has 2 aliphatic rings. The molecule has 2 fully saturated rings. The molecule has 8 nitrogen and oxygen atoms in total. The van der Waals surface area contributed by atoms with Gasteiger partial charge in [0, 0.05) is 38.6 Å². The number of rotatable bonds is 8. The minimum absolute atomic E-state index is 0.311. The maximum absolute atomic E-state index is 13.1. The maximum Gasteiger partial charge on any atom is 0.325 e. The first-order chi connectivity index (χ1) is 15.3. The van der Waals surface area contributed by atoms with Crippen LogP contribution in [-0.4, -0.2) is 67.5 Å². The van der Waals surface area contributed by atoms with Gasteiger partial charge in [-0.2, -0.15) is 17.4 Å². The van der Waals surface area contributed by atoms with E-state index in [4.69, 9.17) is 4.74 Å². The predicted octanol–water partition coefficient (Wildman–Crippen LogP) is 1.90. The number of nitrogens with zero attached hydrogens (tertiary/aromatic N) is 2. The monoisotopic (exact) mass is 459 g/mol. The third-order valence-corrected chi connectivity index (χ3v) is 8.29. The Morgan fingerprint density at radius 2 is 1.72 bits per heavy atom. The van der Waals surface area contributed by atoms with Gasteiger partial charge in [0.15, 0.2) is 0 Å². The number of nitrogens with one attached hydrogen (secondary N) is 1. The van der Waals surface area contributed by atoms with E-state index < -0.39 is 27.6 Å². The van der Waals surface area contributed by atoms with Gasteiger partial charge in [-0.25, -0.2) is 0 Å². The van der Waals surface area contributed by atoms with Gasteiger partial charge >= 0.3 is 5.97 Å². The number of piperazine rings is 1. The highest BCUT2D eigenvalue weighted by Gasteiger charge is 2.70. The van der Waals surface area contributed by atoms with E-state index in [-0.39, 0.29) is 5.92 Å². The smallest absolute Gasteiger partial charge is 0.325 e. The summed E-state index contributed by atoms with van der Waals surface area (Å²) in [4.78, 5) is 14.4. The second kappa shape index (κ2) is 8.82. The van der Waals surface area contributed by atoms with Gasteiger partial charge < -0.3 is 9.84 Å². The Morgan fingerprint density at radius 3 is 2.28 bits per heavy atom. The van der Waals surface area contributed by atoms with E-state index in [0.29, 0.717) is 26.2 Å². The standard InChI is InChI=1S/C23H29N3O5S/c1-17-21(19-6-4-3-5-7-19)23(17,22(27)28)24-32(29,30)26-14-12-25(13-15-26)16-18-8-10-20(31-2)11-9-18/h3-11,17,21,24H,12-16H2,1-2H3,(H,27,28)/t17?,21-,23-/m0/s1. The lowest BCUT2D eigenvalue weighted by atomic mass is 10.1. The minimum atomic E-state index is -3.94. The quantitative estimate of drug-likeness (QED) is 0.626. The number of carboxylic acid groups (broad SMARTS) is 1. The number of methoxy groups -OCH3 is 1. The van der Waals surface area contributed by atoms with Gasteiger partial charge in [-0.3, -0.25) is 9.69 Å². The van der Waals surface area contributed by atoms with Gasteiger partial charge in [0.2, 0.25) is 0 Å². The summed E-state index contributed by atoms with van der Waals surface area (Å²) < 4.78 is 35.3. The number of carboxylic acids is 1. The number of benzene rings is 2. The van der Waals surface area contributed by atoms with Crippen molar-refractivity contribution in [2.45, 2.75) is 24.9 Å². The average molecular weight is 460 g/mol. The number of aliphatic carboxylic acids is 1. The van der Waals surface area contributed by atoms with Gasteiger partial charge in [0.1, 0.15) is 11.3 Å². The molecule has 0 amide bonds. The summed E-state index contributed by atoms with van der Waals surface area (Å²) in [6, 6.07) is 17.0. The van der Waals surface area contributed by atoms with Crippen LogP contribution in [0.2, 0.25) is 0 Å². The van der Waals surface area contributed by atoms with E-state index in [2.05, 4.69) is 9.62 Å².